The van der Waals surface area contributed by atoms with Crippen molar-refractivity contribution in [2.45, 2.75) is 57.3 Å². The third kappa shape index (κ3) is 6.42. The van der Waals surface area contributed by atoms with Gasteiger partial charge < -0.3 is 19.7 Å². The van der Waals surface area contributed by atoms with Crippen molar-refractivity contribution in [3.8, 4) is 5.75 Å². The van der Waals surface area contributed by atoms with E-state index in [9.17, 15) is 24.6 Å². The van der Waals surface area contributed by atoms with E-state index in [0.717, 1.165) is 0 Å². The van der Waals surface area contributed by atoms with Crippen molar-refractivity contribution in [1.29, 1.82) is 0 Å². The second-order valence-electron chi connectivity index (χ2n) is 9.00. The normalized spacial score (nSPS) is 21.2. The number of carboxylic acid groups (broad SMARTS) is 1. The average molecular weight is 455 g/mol. The molecule has 0 bridgehead atoms. The summed E-state index contributed by atoms with van der Waals surface area (Å²) in [5.74, 6) is -3.23. The van der Waals surface area contributed by atoms with E-state index in [2.05, 4.69) is 0 Å². The monoisotopic (exact) mass is 454 g/mol. The number of aliphatic carboxylic acids is 1. The highest BCUT2D eigenvalue weighted by Crippen LogP contribution is 2.39. The molecule has 1 aliphatic carbocycles. The van der Waals surface area contributed by atoms with Crippen LogP contribution in [-0.4, -0.2) is 45.7 Å². The fourth-order valence-corrected chi connectivity index (χ4v) is 4.34. The maximum atomic E-state index is 13.3. The number of carboxylic acids is 1. The summed E-state index contributed by atoms with van der Waals surface area (Å²) in [5, 5.41) is 19.5. The standard InChI is InChI=1S/C26H30O7/c1-26(2,33-18-11-7-4-8-12-18)16-15-20(27)22-19(23(28)24(29)30)13-14-21(22)32-25(31)17-9-5-3-6-10-17/h3-12,19,21-23,28H,13-16H2,1-2H3,(H,29,30)/t19-,21-,22+,23?/m1/s1. The molecule has 0 spiro atoms. The SMILES string of the molecule is CC(C)(CCC(=O)[C@H]1[C@H](OC(=O)c2ccccc2)CC[C@H]1C(O)C(=O)O)Oc1ccccc1. The number of ether oxygens (including phenoxy) is 2. The van der Waals surface area contributed by atoms with Crippen LogP contribution in [0, 0.1) is 11.8 Å². The van der Waals surface area contributed by atoms with Crippen LogP contribution >= 0.6 is 0 Å². The Hall–Kier alpha value is -3.19. The summed E-state index contributed by atoms with van der Waals surface area (Å²) in [6.07, 6.45) is -1.41. The Balaban J connectivity index is 1.71. The van der Waals surface area contributed by atoms with E-state index in [0.29, 0.717) is 24.2 Å². The molecule has 0 aliphatic heterocycles. The molecule has 1 unspecified atom stereocenters. The Morgan fingerprint density at radius 1 is 1.00 bits per heavy atom. The lowest BCUT2D eigenvalue weighted by Crippen LogP contribution is -2.40. The van der Waals surface area contributed by atoms with Gasteiger partial charge in [-0.3, -0.25) is 4.79 Å². The van der Waals surface area contributed by atoms with Crippen molar-refractivity contribution in [2.75, 3.05) is 0 Å². The molecule has 7 nitrogen and oxygen atoms in total. The van der Waals surface area contributed by atoms with Crippen molar-refractivity contribution in [2.24, 2.45) is 11.8 Å². The Labute approximate surface area is 193 Å². The maximum Gasteiger partial charge on any atom is 0.338 e. The topological polar surface area (TPSA) is 110 Å². The number of carbonyl (C=O) groups is 3. The number of benzene rings is 2. The zero-order valence-electron chi connectivity index (χ0n) is 18.8. The molecule has 4 atom stereocenters. The molecule has 0 amide bonds. The zero-order valence-corrected chi connectivity index (χ0v) is 18.8. The molecule has 0 aromatic heterocycles. The van der Waals surface area contributed by atoms with Gasteiger partial charge in [0.2, 0.25) is 0 Å². The molecule has 176 valence electrons. The molecule has 2 aromatic rings. The van der Waals surface area contributed by atoms with Crippen molar-refractivity contribution >= 4 is 17.7 Å². The van der Waals surface area contributed by atoms with E-state index in [4.69, 9.17) is 9.47 Å². The van der Waals surface area contributed by atoms with E-state index in [-0.39, 0.29) is 18.6 Å². The Morgan fingerprint density at radius 3 is 2.21 bits per heavy atom. The third-order valence-corrected chi connectivity index (χ3v) is 6.06. The zero-order chi connectivity index (χ0) is 24.0. The van der Waals surface area contributed by atoms with Crippen LogP contribution < -0.4 is 4.74 Å². The number of ketones is 1. The Kier molecular flexibility index (Phi) is 7.87. The van der Waals surface area contributed by atoms with Crippen LogP contribution in [0.4, 0.5) is 0 Å². The quantitative estimate of drug-likeness (QED) is 0.524. The lowest BCUT2D eigenvalue weighted by molar-refractivity contribution is -0.151. The first-order valence-electron chi connectivity index (χ1n) is 11.1. The molecule has 7 heteroatoms. The predicted molar refractivity (Wildman–Crippen MR) is 121 cm³/mol. The molecule has 1 aliphatic rings. The molecule has 0 saturated heterocycles. The predicted octanol–water partition coefficient (Wildman–Crippen LogP) is 3.89. The van der Waals surface area contributed by atoms with Gasteiger partial charge in [0.15, 0.2) is 6.10 Å². The van der Waals surface area contributed by atoms with Crippen molar-refractivity contribution in [3.63, 3.8) is 0 Å². The molecule has 2 N–H and O–H groups in total. The minimum absolute atomic E-state index is 0.104. The van der Waals surface area contributed by atoms with Crippen LogP contribution in [0.25, 0.3) is 0 Å². The van der Waals surface area contributed by atoms with Crippen LogP contribution in [0.1, 0.15) is 49.9 Å². The second kappa shape index (κ2) is 10.6. The van der Waals surface area contributed by atoms with Gasteiger partial charge in [-0.15, -0.1) is 0 Å². The van der Waals surface area contributed by atoms with Crippen molar-refractivity contribution in [1.82, 2.24) is 0 Å². The van der Waals surface area contributed by atoms with E-state index in [1.165, 1.54) is 0 Å². The van der Waals surface area contributed by atoms with E-state index < -0.39 is 41.6 Å². The number of hydrogen-bond acceptors (Lipinski definition) is 6. The van der Waals surface area contributed by atoms with Gasteiger partial charge in [-0.1, -0.05) is 36.4 Å². The number of rotatable bonds is 10. The lowest BCUT2D eigenvalue weighted by Gasteiger charge is -2.29. The van der Waals surface area contributed by atoms with Crippen LogP contribution in [0.5, 0.6) is 5.75 Å². The second-order valence-corrected chi connectivity index (χ2v) is 9.00. The fraction of sp³-hybridized carbons (Fsp3) is 0.423. The first-order valence-corrected chi connectivity index (χ1v) is 11.1. The van der Waals surface area contributed by atoms with Gasteiger partial charge in [0, 0.05) is 12.3 Å². The molecule has 33 heavy (non-hydrogen) atoms. The average Bonchev–Trinajstić information content (AvgIpc) is 3.21. The summed E-state index contributed by atoms with van der Waals surface area (Å²) in [6.45, 7) is 3.75. The van der Waals surface area contributed by atoms with E-state index in [1.807, 2.05) is 44.2 Å². The number of hydrogen-bond donors (Lipinski definition) is 2. The number of carbonyl (C=O) groups excluding carboxylic acids is 2. The molecular formula is C26H30O7. The Morgan fingerprint density at radius 2 is 1.61 bits per heavy atom. The van der Waals surface area contributed by atoms with Gasteiger partial charge in [0.05, 0.1) is 11.5 Å². The summed E-state index contributed by atoms with van der Waals surface area (Å²) >= 11 is 0. The number of aliphatic hydroxyl groups excluding tert-OH is 1. The van der Waals surface area contributed by atoms with Gasteiger partial charge in [0.1, 0.15) is 23.2 Å². The molecule has 3 rings (SSSR count). The molecule has 1 fully saturated rings. The first-order chi connectivity index (χ1) is 15.7. The summed E-state index contributed by atoms with van der Waals surface area (Å²) in [6, 6.07) is 17.7. The summed E-state index contributed by atoms with van der Waals surface area (Å²) in [5.41, 5.74) is -0.296. The fourth-order valence-electron chi connectivity index (χ4n) is 4.34. The molecule has 2 aromatic carbocycles. The van der Waals surface area contributed by atoms with E-state index >= 15 is 0 Å². The minimum Gasteiger partial charge on any atom is -0.488 e. The molecule has 0 heterocycles. The minimum atomic E-state index is -1.70. The van der Waals surface area contributed by atoms with Crippen molar-refractivity contribution < 1.29 is 34.1 Å². The number of Topliss-reactive ketones (excluding diaryl/α,β-unsaturated/α-hetero) is 1. The van der Waals surface area contributed by atoms with Gasteiger partial charge in [0.25, 0.3) is 0 Å². The van der Waals surface area contributed by atoms with Crippen LogP contribution in [0.3, 0.4) is 0 Å². The van der Waals surface area contributed by atoms with Gasteiger partial charge in [-0.25, -0.2) is 9.59 Å². The van der Waals surface area contributed by atoms with Crippen LogP contribution in [-0.2, 0) is 14.3 Å². The lowest BCUT2D eigenvalue weighted by atomic mass is 9.83. The largest absolute Gasteiger partial charge is 0.488 e. The van der Waals surface area contributed by atoms with Gasteiger partial charge in [-0.05, 0) is 57.4 Å². The molecule has 0 radical (unpaired) electrons. The highest BCUT2D eigenvalue weighted by Gasteiger charge is 2.48. The molecule has 1 saturated carbocycles. The van der Waals surface area contributed by atoms with Gasteiger partial charge >= 0.3 is 11.9 Å². The summed E-state index contributed by atoms with van der Waals surface area (Å²) in [7, 11) is 0. The number of para-hydroxylation sites is 1. The highest BCUT2D eigenvalue weighted by molar-refractivity contribution is 5.90. The summed E-state index contributed by atoms with van der Waals surface area (Å²) in [4.78, 5) is 37.3. The highest BCUT2D eigenvalue weighted by atomic mass is 16.5. The Bertz CT molecular complexity index is 955. The van der Waals surface area contributed by atoms with E-state index in [1.54, 1.807) is 30.3 Å². The number of aliphatic hydroxyl groups is 1. The van der Waals surface area contributed by atoms with Crippen molar-refractivity contribution in [3.05, 3.63) is 66.2 Å². The van der Waals surface area contributed by atoms with Gasteiger partial charge in [-0.2, -0.15) is 0 Å². The molecular weight excluding hydrogens is 424 g/mol. The first kappa shape index (κ1) is 24.5. The maximum absolute atomic E-state index is 13.3. The number of esters is 1. The summed E-state index contributed by atoms with van der Waals surface area (Å²) < 4.78 is 11.6. The third-order valence-electron chi connectivity index (χ3n) is 6.06. The van der Waals surface area contributed by atoms with Crippen LogP contribution in [0.15, 0.2) is 60.7 Å². The smallest absolute Gasteiger partial charge is 0.338 e. The van der Waals surface area contributed by atoms with Crippen LogP contribution in [0.2, 0.25) is 0 Å².